The molecular formula is C22H26N4O. The molecule has 2 aromatic rings. The second-order valence-electron chi connectivity index (χ2n) is 6.86. The van der Waals surface area contributed by atoms with Gasteiger partial charge in [-0.05, 0) is 44.0 Å². The third kappa shape index (κ3) is 4.65. The zero-order valence-electron chi connectivity index (χ0n) is 16.0. The summed E-state index contributed by atoms with van der Waals surface area (Å²) < 4.78 is 0. The lowest BCUT2D eigenvalue weighted by atomic mass is 9.88. The zero-order valence-corrected chi connectivity index (χ0v) is 16.0. The minimum absolute atomic E-state index is 0.248. The Balaban J connectivity index is 1.73. The van der Waals surface area contributed by atoms with Crippen molar-refractivity contribution in [3.63, 3.8) is 0 Å². The average Bonchev–Trinajstić information content (AvgIpc) is 2.74. The Morgan fingerprint density at radius 3 is 2.44 bits per heavy atom. The minimum Gasteiger partial charge on any atom is -0.355 e. The van der Waals surface area contributed by atoms with Gasteiger partial charge >= 0.3 is 0 Å². The standard InChI is InChI=1S/C22H26N4O/c1-3-26(17-27)21-9-5-4-8-20(21)25(2)22-13-12-19(16-24-22)11-10-18-7-6-14-23-15-18/h6-7,12-17,20-21H,3-5,8-9H2,1-2H3. The summed E-state index contributed by atoms with van der Waals surface area (Å²) >= 11 is 0. The number of rotatable bonds is 5. The first kappa shape index (κ1) is 18.9. The Kier molecular flexibility index (Phi) is 6.43. The van der Waals surface area contributed by atoms with Crippen LogP contribution in [0.15, 0.2) is 42.9 Å². The number of carbonyl (C=O) groups is 1. The smallest absolute Gasteiger partial charge is 0.210 e. The van der Waals surface area contributed by atoms with Crippen LogP contribution >= 0.6 is 0 Å². The molecule has 0 saturated heterocycles. The van der Waals surface area contributed by atoms with Gasteiger partial charge in [0.05, 0.1) is 12.1 Å². The van der Waals surface area contributed by atoms with E-state index in [1.54, 1.807) is 12.4 Å². The number of hydrogen-bond donors (Lipinski definition) is 0. The average molecular weight is 362 g/mol. The van der Waals surface area contributed by atoms with Gasteiger partial charge in [0.15, 0.2) is 0 Å². The highest BCUT2D eigenvalue weighted by Crippen LogP contribution is 2.28. The highest BCUT2D eigenvalue weighted by atomic mass is 16.1. The number of carbonyl (C=O) groups excluding carboxylic acids is 1. The van der Waals surface area contributed by atoms with E-state index in [-0.39, 0.29) is 6.04 Å². The molecule has 2 aromatic heterocycles. The SMILES string of the molecule is CCN(C=O)C1CCCCC1N(C)c1ccc(C#Cc2cccnc2)cn1. The fourth-order valence-electron chi connectivity index (χ4n) is 3.74. The molecule has 0 aromatic carbocycles. The first-order valence-electron chi connectivity index (χ1n) is 9.55. The second kappa shape index (κ2) is 9.18. The van der Waals surface area contributed by atoms with E-state index in [4.69, 9.17) is 0 Å². The van der Waals surface area contributed by atoms with Crippen LogP contribution in [0.25, 0.3) is 0 Å². The summed E-state index contributed by atoms with van der Waals surface area (Å²) in [6.45, 7) is 2.78. The van der Waals surface area contributed by atoms with Crippen LogP contribution in [0.2, 0.25) is 0 Å². The van der Waals surface area contributed by atoms with Crippen LogP contribution in [0.5, 0.6) is 0 Å². The second-order valence-corrected chi connectivity index (χ2v) is 6.86. The third-order valence-electron chi connectivity index (χ3n) is 5.24. The molecule has 2 atom stereocenters. The van der Waals surface area contributed by atoms with E-state index in [1.165, 1.54) is 12.8 Å². The van der Waals surface area contributed by atoms with E-state index >= 15 is 0 Å². The maximum absolute atomic E-state index is 11.4. The van der Waals surface area contributed by atoms with Crippen molar-refractivity contribution in [1.29, 1.82) is 0 Å². The molecule has 1 aliphatic rings. The van der Waals surface area contributed by atoms with Crippen LogP contribution < -0.4 is 4.90 Å². The fourth-order valence-corrected chi connectivity index (χ4v) is 3.74. The molecule has 5 nitrogen and oxygen atoms in total. The molecule has 2 heterocycles. The Hall–Kier alpha value is -2.87. The van der Waals surface area contributed by atoms with Crippen molar-refractivity contribution in [3.8, 4) is 11.8 Å². The topological polar surface area (TPSA) is 49.3 Å². The lowest BCUT2D eigenvalue weighted by Crippen LogP contribution is -2.52. The van der Waals surface area contributed by atoms with Crippen molar-refractivity contribution in [2.45, 2.75) is 44.7 Å². The molecule has 2 unspecified atom stereocenters. The van der Waals surface area contributed by atoms with E-state index in [0.717, 1.165) is 42.7 Å². The molecule has 1 saturated carbocycles. The van der Waals surface area contributed by atoms with Gasteiger partial charge in [0.2, 0.25) is 6.41 Å². The summed E-state index contributed by atoms with van der Waals surface area (Å²) in [5.41, 5.74) is 1.76. The van der Waals surface area contributed by atoms with Gasteiger partial charge < -0.3 is 9.80 Å². The van der Waals surface area contributed by atoms with Crippen molar-refractivity contribution >= 4 is 12.2 Å². The lowest BCUT2D eigenvalue weighted by Gasteiger charge is -2.42. The summed E-state index contributed by atoms with van der Waals surface area (Å²) in [5, 5.41) is 0. The largest absolute Gasteiger partial charge is 0.355 e. The van der Waals surface area contributed by atoms with E-state index in [0.29, 0.717) is 6.04 Å². The van der Waals surface area contributed by atoms with E-state index < -0.39 is 0 Å². The molecule has 1 aliphatic carbocycles. The van der Waals surface area contributed by atoms with Crippen LogP contribution in [-0.4, -0.2) is 47.0 Å². The molecule has 0 radical (unpaired) electrons. The summed E-state index contributed by atoms with van der Waals surface area (Å²) in [4.78, 5) is 24.3. The van der Waals surface area contributed by atoms with Crippen molar-refractivity contribution in [1.82, 2.24) is 14.9 Å². The molecule has 0 spiro atoms. The Bertz CT molecular complexity index is 795. The highest BCUT2D eigenvalue weighted by Gasteiger charge is 2.32. The van der Waals surface area contributed by atoms with Crippen LogP contribution in [0, 0.1) is 11.8 Å². The highest BCUT2D eigenvalue weighted by molar-refractivity contribution is 5.50. The fraction of sp³-hybridized carbons (Fsp3) is 0.409. The molecule has 3 rings (SSSR count). The molecule has 140 valence electrons. The summed E-state index contributed by atoms with van der Waals surface area (Å²) in [7, 11) is 2.07. The zero-order chi connectivity index (χ0) is 19.1. The van der Waals surface area contributed by atoms with Gasteiger partial charge in [-0.2, -0.15) is 0 Å². The van der Waals surface area contributed by atoms with Crippen LogP contribution in [0.4, 0.5) is 5.82 Å². The van der Waals surface area contributed by atoms with Gasteiger partial charge in [-0.1, -0.05) is 24.7 Å². The molecule has 27 heavy (non-hydrogen) atoms. The van der Waals surface area contributed by atoms with Crippen molar-refractivity contribution in [2.75, 3.05) is 18.5 Å². The maximum atomic E-state index is 11.4. The number of likely N-dealkylation sites (N-methyl/N-ethyl adjacent to an activating group) is 2. The molecular weight excluding hydrogens is 336 g/mol. The number of nitrogens with zero attached hydrogens (tertiary/aromatic N) is 4. The first-order chi connectivity index (χ1) is 13.2. The van der Waals surface area contributed by atoms with Crippen molar-refractivity contribution in [2.24, 2.45) is 0 Å². The lowest BCUT2D eigenvalue weighted by molar-refractivity contribution is -0.120. The van der Waals surface area contributed by atoms with Gasteiger partial charge in [0, 0.05) is 43.3 Å². The number of aromatic nitrogens is 2. The number of pyridine rings is 2. The Labute approximate surface area is 161 Å². The third-order valence-corrected chi connectivity index (χ3v) is 5.24. The van der Waals surface area contributed by atoms with E-state index in [2.05, 4.69) is 33.8 Å². The predicted octanol–water partition coefficient (Wildman–Crippen LogP) is 3.10. The van der Waals surface area contributed by atoms with Gasteiger partial charge in [-0.15, -0.1) is 0 Å². The molecule has 0 bridgehead atoms. The maximum Gasteiger partial charge on any atom is 0.210 e. The normalized spacial score (nSPS) is 18.9. The summed E-state index contributed by atoms with van der Waals surface area (Å²) in [6.07, 6.45) is 10.8. The molecule has 0 aliphatic heterocycles. The monoisotopic (exact) mass is 362 g/mol. The van der Waals surface area contributed by atoms with Gasteiger partial charge in [0.25, 0.3) is 0 Å². The molecule has 1 fully saturated rings. The predicted molar refractivity (Wildman–Crippen MR) is 107 cm³/mol. The van der Waals surface area contributed by atoms with E-state index in [1.807, 2.05) is 42.3 Å². The molecule has 0 N–H and O–H groups in total. The van der Waals surface area contributed by atoms with Crippen molar-refractivity contribution < 1.29 is 4.79 Å². The van der Waals surface area contributed by atoms with Gasteiger partial charge in [-0.25, -0.2) is 4.98 Å². The first-order valence-corrected chi connectivity index (χ1v) is 9.55. The number of hydrogen-bond acceptors (Lipinski definition) is 4. The molecule has 5 heteroatoms. The van der Waals surface area contributed by atoms with Crippen molar-refractivity contribution in [3.05, 3.63) is 54.0 Å². The summed E-state index contributed by atoms with van der Waals surface area (Å²) in [5.74, 6) is 7.14. The van der Waals surface area contributed by atoms with Gasteiger partial charge in [-0.3, -0.25) is 9.78 Å². The number of amides is 1. The number of anilines is 1. The summed E-state index contributed by atoms with van der Waals surface area (Å²) in [6, 6.07) is 8.36. The quantitative estimate of drug-likeness (QED) is 0.606. The van der Waals surface area contributed by atoms with Gasteiger partial charge in [0.1, 0.15) is 5.82 Å². The Morgan fingerprint density at radius 1 is 1.11 bits per heavy atom. The van der Waals surface area contributed by atoms with Crippen LogP contribution in [0.1, 0.15) is 43.7 Å². The van der Waals surface area contributed by atoms with E-state index in [9.17, 15) is 4.79 Å². The Morgan fingerprint density at radius 2 is 1.85 bits per heavy atom. The van der Waals surface area contributed by atoms with Crippen LogP contribution in [-0.2, 0) is 4.79 Å². The minimum atomic E-state index is 0.248. The molecule has 1 amide bonds. The van der Waals surface area contributed by atoms with Crippen LogP contribution in [0.3, 0.4) is 0 Å².